The Morgan fingerprint density at radius 1 is 1.39 bits per heavy atom. The van der Waals surface area contributed by atoms with Gasteiger partial charge in [0.1, 0.15) is 0 Å². The molecule has 104 valence electrons. The molecule has 0 unspecified atom stereocenters. The Morgan fingerprint density at radius 2 is 2.06 bits per heavy atom. The molecule has 1 rings (SSSR count). The molecule has 1 aliphatic carbocycles. The van der Waals surface area contributed by atoms with E-state index in [9.17, 15) is 18.4 Å². The Balaban J connectivity index is 2.27. The largest absolute Gasteiger partial charge is 0.395 e. The minimum Gasteiger partial charge on any atom is -0.395 e. The number of carbonyl (C=O) groups excluding carboxylic acids is 2. The van der Waals surface area contributed by atoms with Gasteiger partial charge in [0.05, 0.1) is 19.7 Å². The van der Waals surface area contributed by atoms with E-state index < -0.39 is 24.9 Å². The van der Waals surface area contributed by atoms with Crippen LogP contribution in [-0.2, 0) is 4.79 Å². The highest BCUT2D eigenvalue weighted by molar-refractivity contribution is 5.95. The molecule has 18 heavy (non-hydrogen) atoms. The monoisotopic (exact) mass is 265 g/mol. The van der Waals surface area contributed by atoms with Crippen molar-refractivity contribution in [3.8, 4) is 0 Å². The third kappa shape index (κ3) is 6.45. The summed E-state index contributed by atoms with van der Waals surface area (Å²) in [5.74, 6) is -0.665. The first-order valence-electron chi connectivity index (χ1n) is 5.73. The lowest BCUT2D eigenvalue weighted by Gasteiger charge is -2.19. The Kier molecular flexibility index (Phi) is 5.93. The standard InChI is InChI=1S/C10H17F2N3O3/c11-8(12)5-15(3-4-16)6-9(17)14-10(18)13-7-1-2-7/h7-8,16H,1-6H2,(H2,13,14,17,18). The van der Waals surface area contributed by atoms with Gasteiger partial charge in [-0.25, -0.2) is 13.6 Å². The maximum absolute atomic E-state index is 12.2. The highest BCUT2D eigenvalue weighted by Gasteiger charge is 2.24. The van der Waals surface area contributed by atoms with E-state index in [0.29, 0.717) is 0 Å². The summed E-state index contributed by atoms with van der Waals surface area (Å²) in [6.07, 6.45) is -0.808. The Labute approximate surface area is 103 Å². The molecule has 0 aromatic carbocycles. The summed E-state index contributed by atoms with van der Waals surface area (Å²) in [5, 5.41) is 13.3. The fourth-order valence-corrected chi connectivity index (χ4v) is 1.39. The fourth-order valence-electron chi connectivity index (χ4n) is 1.39. The van der Waals surface area contributed by atoms with Crippen molar-refractivity contribution in [3.05, 3.63) is 0 Å². The molecule has 0 atom stereocenters. The zero-order valence-electron chi connectivity index (χ0n) is 9.86. The number of aliphatic hydroxyl groups excluding tert-OH is 1. The molecule has 0 spiro atoms. The number of hydrogen-bond acceptors (Lipinski definition) is 4. The molecule has 3 amide bonds. The number of hydrogen-bond donors (Lipinski definition) is 3. The average Bonchev–Trinajstić information content (AvgIpc) is 3.00. The van der Waals surface area contributed by atoms with Gasteiger partial charge in [-0.05, 0) is 12.8 Å². The highest BCUT2D eigenvalue weighted by Crippen LogP contribution is 2.18. The molecule has 0 heterocycles. The van der Waals surface area contributed by atoms with Crippen LogP contribution in [0.2, 0.25) is 0 Å². The molecule has 0 radical (unpaired) electrons. The van der Waals surface area contributed by atoms with Gasteiger partial charge in [-0.3, -0.25) is 15.0 Å². The fraction of sp³-hybridized carbons (Fsp3) is 0.800. The van der Waals surface area contributed by atoms with Crippen molar-refractivity contribution >= 4 is 11.9 Å². The molecular formula is C10H17F2N3O3. The van der Waals surface area contributed by atoms with E-state index in [1.54, 1.807) is 0 Å². The van der Waals surface area contributed by atoms with Crippen molar-refractivity contribution in [1.82, 2.24) is 15.5 Å². The number of alkyl halides is 2. The quantitative estimate of drug-likeness (QED) is 0.581. The zero-order valence-corrected chi connectivity index (χ0v) is 9.86. The average molecular weight is 265 g/mol. The van der Waals surface area contributed by atoms with Crippen LogP contribution < -0.4 is 10.6 Å². The van der Waals surface area contributed by atoms with Crippen LogP contribution in [-0.4, -0.2) is 60.7 Å². The number of imide groups is 1. The first-order valence-corrected chi connectivity index (χ1v) is 5.73. The molecule has 0 aromatic rings. The van der Waals surface area contributed by atoms with Crippen molar-refractivity contribution < 1.29 is 23.5 Å². The second kappa shape index (κ2) is 7.22. The van der Waals surface area contributed by atoms with Gasteiger partial charge < -0.3 is 10.4 Å². The first-order chi connectivity index (χ1) is 8.51. The zero-order chi connectivity index (χ0) is 13.5. The number of rotatable bonds is 7. The minimum absolute atomic E-state index is 0.0397. The number of nitrogens with one attached hydrogen (secondary N) is 2. The summed E-state index contributed by atoms with van der Waals surface area (Å²) in [7, 11) is 0. The van der Waals surface area contributed by atoms with E-state index >= 15 is 0 Å². The van der Waals surface area contributed by atoms with Crippen molar-refractivity contribution in [2.24, 2.45) is 0 Å². The van der Waals surface area contributed by atoms with Crippen LogP contribution in [0.4, 0.5) is 13.6 Å². The van der Waals surface area contributed by atoms with Crippen LogP contribution >= 0.6 is 0 Å². The van der Waals surface area contributed by atoms with Gasteiger partial charge in [-0.1, -0.05) is 0 Å². The van der Waals surface area contributed by atoms with E-state index in [1.165, 1.54) is 0 Å². The van der Waals surface area contributed by atoms with E-state index in [-0.39, 0.29) is 25.7 Å². The lowest BCUT2D eigenvalue weighted by atomic mass is 10.4. The molecule has 0 aliphatic heterocycles. The van der Waals surface area contributed by atoms with Crippen molar-refractivity contribution in [1.29, 1.82) is 0 Å². The number of nitrogens with zero attached hydrogens (tertiary/aromatic N) is 1. The Hall–Kier alpha value is -1.28. The molecule has 8 heteroatoms. The summed E-state index contributed by atoms with van der Waals surface area (Å²) >= 11 is 0. The van der Waals surface area contributed by atoms with Crippen molar-refractivity contribution in [3.63, 3.8) is 0 Å². The van der Waals surface area contributed by atoms with Gasteiger partial charge >= 0.3 is 6.03 Å². The summed E-state index contributed by atoms with van der Waals surface area (Å²) in [5.41, 5.74) is 0. The summed E-state index contributed by atoms with van der Waals surface area (Å²) in [6.45, 7) is -1.32. The molecule has 1 aliphatic rings. The molecule has 1 saturated carbocycles. The molecule has 1 fully saturated rings. The molecule has 0 bridgehead atoms. The number of aliphatic hydroxyl groups is 1. The van der Waals surface area contributed by atoms with Gasteiger partial charge in [-0.15, -0.1) is 0 Å². The third-order valence-corrected chi connectivity index (χ3v) is 2.35. The van der Waals surface area contributed by atoms with Crippen LogP contribution in [0.5, 0.6) is 0 Å². The van der Waals surface area contributed by atoms with Gasteiger partial charge in [0, 0.05) is 12.6 Å². The maximum atomic E-state index is 12.2. The lowest BCUT2D eigenvalue weighted by molar-refractivity contribution is -0.121. The van der Waals surface area contributed by atoms with Gasteiger partial charge in [-0.2, -0.15) is 0 Å². The third-order valence-electron chi connectivity index (χ3n) is 2.35. The van der Waals surface area contributed by atoms with Crippen LogP contribution in [0.3, 0.4) is 0 Å². The van der Waals surface area contributed by atoms with Crippen LogP contribution in [0, 0.1) is 0 Å². The van der Waals surface area contributed by atoms with E-state index in [0.717, 1.165) is 17.7 Å². The Morgan fingerprint density at radius 3 is 2.56 bits per heavy atom. The van der Waals surface area contributed by atoms with E-state index in [1.807, 2.05) is 0 Å². The summed E-state index contributed by atoms with van der Waals surface area (Å²) in [4.78, 5) is 23.7. The van der Waals surface area contributed by atoms with E-state index in [4.69, 9.17) is 5.11 Å². The first kappa shape index (κ1) is 14.8. The second-order valence-corrected chi connectivity index (χ2v) is 4.15. The Bertz CT molecular complexity index is 298. The SMILES string of the molecule is O=C(CN(CCO)CC(F)F)NC(=O)NC1CC1. The van der Waals surface area contributed by atoms with Gasteiger partial charge in [0.25, 0.3) is 6.43 Å². The highest BCUT2D eigenvalue weighted by atomic mass is 19.3. The predicted octanol–water partition coefficient (Wildman–Crippen LogP) is -0.466. The summed E-state index contributed by atoms with van der Waals surface area (Å²) < 4.78 is 24.3. The normalized spacial score (nSPS) is 14.9. The maximum Gasteiger partial charge on any atom is 0.321 e. The van der Waals surface area contributed by atoms with Crippen LogP contribution in [0.25, 0.3) is 0 Å². The molecule has 0 aromatic heterocycles. The van der Waals surface area contributed by atoms with Crippen molar-refractivity contribution in [2.75, 3.05) is 26.2 Å². The van der Waals surface area contributed by atoms with Gasteiger partial charge in [0.2, 0.25) is 5.91 Å². The summed E-state index contributed by atoms with van der Waals surface area (Å²) in [6, 6.07) is -0.490. The number of halogens is 2. The smallest absolute Gasteiger partial charge is 0.321 e. The number of amides is 3. The molecule has 3 N–H and O–H groups in total. The lowest BCUT2D eigenvalue weighted by Crippen LogP contribution is -2.46. The second-order valence-electron chi connectivity index (χ2n) is 4.15. The predicted molar refractivity (Wildman–Crippen MR) is 59.2 cm³/mol. The number of carbonyl (C=O) groups is 2. The topological polar surface area (TPSA) is 81.7 Å². The molecule has 0 saturated heterocycles. The molecular weight excluding hydrogens is 248 g/mol. The minimum atomic E-state index is -2.59. The van der Waals surface area contributed by atoms with E-state index in [2.05, 4.69) is 10.6 Å². The van der Waals surface area contributed by atoms with Crippen LogP contribution in [0.15, 0.2) is 0 Å². The van der Waals surface area contributed by atoms with Crippen LogP contribution in [0.1, 0.15) is 12.8 Å². The molecule has 6 nitrogen and oxygen atoms in total. The van der Waals surface area contributed by atoms with Gasteiger partial charge in [0.15, 0.2) is 0 Å². The number of urea groups is 1. The van der Waals surface area contributed by atoms with Crippen molar-refractivity contribution in [2.45, 2.75) is 25.3 Å².